The number of hydrogen-bond acceptors (Lipinski definition) is 3. The van der Waals surface area contributed by atoms with E-state index in [4.69, 9.17) is 5.11 Å². The zero-order valence-corrected chi connectivity index (χ0v) is 8.95. The van der Waals surface area contributed by atoms with Crippen molar-refractivity contribution in [1.29, 1.82) is 0 Å². The second kappa shape index (κ2) is 5.70. The van der Waals surface area contributed by atoms with E-state index in [-0.39, 0.29) is 11.8 Å². The second-order valence-corrected chi connectivity index (χ2v) is 3.85. The van der Waals surface area contributed by atoms with E-state index in [1.165, 1.54) is 0 Å². The zero-order valence-electron chi connectivity index (χ0n) is 8.95. The van der Waals surface area contributed by atoms with E-state index in [1.807, 2.05) is 0 Å². The Hall–Kier alpha value is -1.10. The standard InChI is InChI=1S/C10H18N2O3/c1-2-8(10(14)15)12-9(13)7-4-3-5-11-6-7/h7-8,11H,2-6H2,1H3,(H,12,13)(H,14,15)/t7-,8?/m0/s1. The molecule has 0 radical (unpaired) electrons. The van der Waals surface area contributed by atoms with Crippen LogP contribution in [0.15, 0.2) is 0 Å². The first kappa shape index (κ1) is 12.0. The average Bonchev–Trinajstić information content (AvgIpc) is 2.26. The lowest BCUT2D eigenvalue weighted by Crippen LogP contribution is -2.47. The van der Waals surface area contributed by atoms with Gasteiger partial charge in [0.15, 0.2) is 0 Å². The smallest absolute Gasteiger partial charge is 0.326 e. The SMILES string of the molecule is CCC(NC(=O)[C@H]1CCCNC1)C(=O)O. The molecule has 5 heteroatoms. The Balaban J connectivity index is 2.42. The van der Waals surface area contributed by atoms with Crippen LogP contribution < -0.4 is 10.6 Å². The fourth-order valence-corrected chi connectivity index (χ4v) is 1.70. The van der Waals surface area contributed by atoms with Gasteiger partial charge in [-0.3, -0.25) is 4.79 Å². The molecule has 15 heavy (non-hydrogen) atoms. The van der Waals surface area contributed by atoms with E-state index in [1.54, 1.807) is 6.92 Å². The van der Waals surface area contributed by atoms with E-state index in [2.05, 4.69) is 10.6 Å². The van der Waals surface area contributed by atoms with Crippen LogP contribution in [0.3, 0.4) is 0 Å². The highest BCUT2D eigenvalue weighted by atomic mass is 16.4. The fraction of sp³-hybridized carbons (Fsp3) is 0.800. The molecule has 0 aromatic heterocycles. The van der Waals surface area contributed by atoms with Gasteiger partial charge >= 0.3 is 5.97 Å². The normalized spacial score (nSPS) is 23.1. The molecular weight excluding hydrogens is 196 g/mol. The molecule has 86 valence electrons. The summed E-state index contributed by atoms with van der Waals surface area (Å²) in [5, 5.41) is 14.5. The molecule has 1 saturated heterocycles. The molecule has 1 rings (SSSR count). The molecular formula is C10H18N2O3. The maximum atomic E-state index is 11.7. The number of rotatable bonds is 4. The molecule has 2 atom stereocenters. The summed E-state index contributed by atoms with van der Waals surface area (Å²) in [7, 11) is 0. The molecule has 0 bridgehead atoms. The summed E-state index contributed by atoms with van der Waals surface area (Å²) in [6, 6.07) is -0.751. The van der Waals surface area contributed by atoms with Crippen molar-refractivity contribution in [3.63, 3.8) is 0 Å². The molecule has 0 aromatic carbocycles. The highest BCUT2D eigenvalue weighted by molar-refractivity contribution is 5.85. The molecule has 1 aliphatic heterocycles. The molecule has 1 fully saturated rings. The van der Waals surface area contributed by atoms with Gasteiger partial charge in [-0.15, -0.1) is 0 Å². The number of piperidine rings is 1. The lowest BCUT2D eigenvalue weighted by molar-refractivity contribution is -0.142. The maximum Gasteiger partial charge on any atom is 0.326 e. The minimum atomic E-state index is -0.963. The van der Waals surface area contributed by atoms with Crippen LogP contribution in [0, 0.1) is 5.92 Å². The van der Waals surface area contributed by atoms with Gasteiger partial charge in [-0.05, 0) is 25.8 Å². The predicted molar refractivity (Wildman–Crippen MR) is 55.5 cm³/mol. The van der Waals surface area contributed by atoms with Crippen molar-refractivity contribution in [2.75, 3.05) is 13.1 Å². The quantitative estimate of drug-likeness (QED) is 0.614. The van der Waals surface area contributed by atoms with Crippen molar-refractivity contribution >= 4 is 11.9 Å². The van der Waals surface area contributed by atoms with Crippen LogP contribution in [0.5, 0.6) is 0 Å². The first-order valence-electron chi connectivity index (χ1n) is 5.39. The topological polar surface area (TPSA) is 78.4 Å². The molecule has 0 spiro atoms. The van der Waals surface area contributed by atoms with Gasteiger partial charge in [-0.25, -0.2) is 4.79 Å². The molecule has 0 aliphatic carbocycles. The van der Waals surface area contributed by atoms with Crippen molar-refractivity contribution < 1.29 is 14.7 Å². The summed E-state index contributed by atoms with van der Waals surface area (Å²) in [6.45, 7) is 3.35. The van der Waals surface area contributed by atoms with Crippen LogP contribution in [0.25, 0.3) is 0 Å². The summed E-state index contributed by atoms with van der Waals surface area (Å²) in [6.07, 6.45) is 2.23. The monoisotopic (exact) mass is 214 g/mol. The van der Waals surface area contributed by atoms with Gasteiger partial charge in [0, 0.05) is 6.54 Å². The maximum absolute atomic E-state index is 11.7. The number of carboxylic acid groups (broad SMARTS) is 1. The fourth-order valence-electron chi connectivity index (χ4n) is 1.70. The van der Waals surface area contributed by atoms with Gasteiger partial charge in [0.05, 0.1) is 5.92 Å². The number of hydrogen-bond donors (Lipinski definition) is 3. The molecule has 1 unspecified atom stereocenters. The molecule has 3 N–H and O–H groups in total. The number of carbonyl (C=O) groups excluding carboxylic acids is 1. The second-order valence-electron chi connectivity index (χ2n) is 3.85. The third-order valence-electron chi connectivity index (χ3n) is 2.69. The molecule has 1 amide bonds. The van der Waals surface area contributed by atoms with Gasteiger partial charge in [-0.2, -0.15) is 0 Å². The number of nitrogens with one attached hydrogen (secondary N) is 2. The number of carboxylic acids is 1. The third kappa shape index (κ3) is 3.51. The highest BCUT2D eigenvalue weighted by Crippen LogP contribution is 2.10. The summed E-state index contributed by atoms with van der Waals surface area (Å²) in [4.78, 5) is 22.4. The summed E-state index contributed by atoms with van der Waals surface area (Å²) in [5.41, 5.74) is 0. The average molecular weight is 214 g/mol. The minimum absolute atomic E-state index is 0.0767. The third-order valence-corrected chi connectivity index (χ3v) is 2.69. The first-order valence-corrected chi connectivity index (χ1v) is 5.39. The molecule has 1 heterocycles. The van der Waals surface area contributed by atoms with Crippen LogP contribution in [-0.2, 0) is 9.59 Å². The summed E-state index contributed by atoms with van der Waals surface area (Å²) >= 11 is 0. The van der Waals surface area contributed by atoms with Gasteiger partial charge in [0.1, 0.15) is 6.04 Å². The first-order chi connectivity index (χ1) is 7.15. The minimum Gasteiger partial charge on any atom is -0.480 e. The van der Waals surface area contributed by atoms with Crippen LogP contribution in [0.1, 0.15) is 26.2 Å². The Morgan fingerprint density at radius 1 is 1.60 bits per heavy atom. The Bertz CT molecular complexity index is 237. The highest BCUT2D eigenvalue weighted by Gasteiger charge is 2.25. The van der Waals surface area contributed by atoms with Gasteiger partial charge in [0.2, 0.25) is 5.91 Å². The molecule has 0 aromatic rings. The van der Waals surface area contributed by atoms with Crippen molar-refractivity contribution in [1.82, 2.24) is 10.6 Å². The Morgan fingerprint density at radius 2 is 2.33 bits per heavy atom. The van der Waals surface area contributed by atoms with Crippen LogP contribution in [-0.4, -0.2) is 36.1 Å². The lowest BCUT2D eigenvalue weighted by Gasteiger charge is -2.23. The van der Waals surface area contributed by atoms with Crippen molar-refractivity contribution in [2.45, 2.75) is 32.2 Å². The lowest BCUT2D eigenvalue weighted by atomic mass is 9.98. The Labute approximate surface area is 89.2 Å². The van der Waals surface area contributed by atoms with E-state index in [0.717, 1.165) is 19.4 Å². The van der Waals surface area contributed by atoms with Crippen molar-refractivity contribution in [3.05, 3.63) is 0 Å². The zero-order chi connectivity index (χ0) is 11.3. The van der Waals surface area contributed by atoms with E-state index < -0.39 is 12.0 Å². The van der Waals surface area contributed by atoms with Gasteiger partial charge < -0.3 is 15.7 Å². The number of aliphatic carboxylic acids is 1. The van der Waals surface area contributed by atoms with Gasteiger partial charge in [-0.1, -0.05) is 6.92 Å². The van der Waals surface area contributed by atoms with Crippen molar-refractivity contribution in [3.8, 4) is 0 Å². The number of carbonyl (C=O) groups is 2. The van der Waals surface area contributed by atoms with E-state index >= 15 is 0 Å². The van der Waals surface area contributed by atoms with Gasteiger partial charge in [0.25, 0.3) is 0 Å². The van der Waals surface area contributed by atoms with E-state index in [0.29, 0.717) is 13.0 Å². The number of amides is 1. The Morgan fingerprint density at radius 3 is 2.80 bits per heavy atom. The largest absolute Gasteiger partial charge is 0.480 e. The van der Waals surface area contributed by atoms with Crippen molar-refractivity contribution in [2.24, 2.45) is 5.92 Å². The Kier molecular flexibility index (Phi) is 4.55. The molecule has 1 aliphatic rings. The van der Waals surface area contributed by atoms with Crippen LogP contribution >= 0.6 is 0 Å². The van der Waals surface area contributed by atoms with E-state index in [9.17, 15) is 9.59 Å². The summed E-state index contributed by atoms with van der Waals surface area (Å²) < 4.78 is 0. The predicted octanol–water partition coefficient (Wildman–Crippen LogP) is -0.0346. The van der Waals surface area contributed by atoms with Crippen LogP contribution in [0.4, 0.5) is 0 Å². The van der Waals surface area contributed by atoms with Crippen LogP contribution in [0.2, 0.25) is 0 Å². The molecule has 0 saturated carbocycles. The molecule has 5 nitrogen and oxygen atoms in total. The summed E-state index contributed by atoms with van der Waals surface area (Å²) in [5.74, 6) is -1.18.